The van der Waals surface area contributed by atoms with Crippen LogP contribution in [-0.4, -0.2) is 15.9 Å². The normalized spacial score (nSPS) is 12.1. The van der Waals surface area contributed by atoms with Gasteiger partial charge in [-0.3, -0.25) is 4.79 Å². The highest BCUT2D eigenvalue weighted by molar-refractivity contribution is 6.04. The predicted molar refractivity (Wildman–Crippen MR) is 114 cm³/mol. The van der Waals surface area contributed by atoms with E-state index in [4.69, 9.17) is 5.73 Å². The number of carbonyl (C=O) groups excluding carboxylic acids is 1. The molecule has 174 valence electrons. The molecule has 5 nitrogen and oxygen atoms in total. The van der Waals surface area contributed by atoms with Crippen molar-refractivity contribution in [1.29, 1.82) is 0 Å². The van der Waals surface area contributed by atoms with Gasteiger partial charge in [0.15, 0.2) is 0 Å². The lowest BCUT2D eigenvalue weighted by atomic mass is 10.00. The summed E-state index contributed by atoms with van der Waals surface area (Å²) in [7, 11) is 0. The Balaban J connectivity index is 1.73. The average molecular weight is 476 g/mol. The fourth-order valence-corrected chi connectivity index (χ4v) is 3.30. The van der Waals surface area contributed by atoms with Crippen molar-refractivity contribution in [2.24, 2.45) is 0 Å². The van der Waals surface area contributed by atoms with E-state index in [9.17, 15) is 31.1 Å². The molecule has 11 heteroatoms. The van der Waals surface area contributed by atoms with Crippen molar-refractivity contribution in [2.45, 2.75) is 12.4 Å². The first kappa shape index (κ1) is 23.0. The third-order valence-electron chi connectivity index (χ3n) is 4.90. The van der Waals surface area contributed by atoms with Crippen molar-refractivity contribution >= 4 is 28.4 Å². The Morgan fingerprint density at radius 2 is 1.56 bits per heavy atom. The number of hydrogen-bond acceptors (Lipinski definition) is 4. The van der Waals surface area contributed by atoms with Crippen LogP contribution in [0.1, 0.15) is 21.5 Å². The number of nitrogen functional groups attached to an aromatic ring is 1. The van der Waals surface area contributed by atoms with E-state index < -0.39 is 29.4 Å². The molecule has 0 aliphatic heterocycles. The molecule has 0 atom stereocenters. The Hall–Kier alpha value is -4.15. The first-order chi connectivity index (χ1) is 15.9. The van der Waals surface area contributed by atoms with Gasteiger partial charge in [0.05, 0.1) is 16.6 Å². The van der Waals surface area contributed by atoms with Crippen LogP contribution in [0.15, 0.2) is 66.9 Å². The highest BCUT2D eigenvalue weighted by Crippen LogP contribution is 2.36. The summed E-state index contributed by atoms with van der Waals surface area (Å²) in [6, 6.07) is 11.1. The molecule has 0 fully saturated rings. The first-order valence-corrected chi connectivity index (χ1v) is 9.64. The number of hydrogen-bond donors (Lipinski definition) is 2. The monoisotopic (exact) mass is 476 g/mol. The minimum Gasteiger partial charge on any atom is -0.368 e. The molecule has 0 saturated carbocycles. The quantitative estimate of drug-likeness (QED) is 0.347. The van der Waals surface area contributed by atoms with Gasteiger partial charge in [-0.05, 0) is 59.7 Å². The molecule has 0 radical (unpaired) electrons. The van der Waals surface area contributed by atoms with Gasteiger partial charge in [-0.1, -0.05) is 12.1 Å². The Kier molecular flexibility index (Phi) is 5.64. The van der Waals surface area contributed by atoms with E-state index in [1.807, 2.05) is 0 Å². The zero-order valence-electron chi connectivity index (χ0n) is 17.0. The number of nitrogens with one attached hydrogen (secondary N) is 1. The number of anilines is 2. The van der Waals surface area contributed by atoms with E-state index in [0.29, 0.717) is 28.6 Å². The first-order valence-electron chi connectivity index (χ1n) is 9.64. The van der Waals surface area contributed by atoms with E-state index in [2.05, 4.69) is 15.3 Å². The number of carbonyl (C=O) groups is 1. The molecule has 1 heterocycles. The SMILES string of the molecule is Nc1ncc2cc(-c3cc(NC(=O)c4cccc(C(F)(F)F)c4)cc(C(F)(F)F)c3)ccc2n1. The number of rotatable bonds is 3. The van der Waals surface area contributed by atoms with E-state index >= 15 is 0 Å². The molecule has 3 N–H and O–H groups in total. The maximum Gasteiger partial charge on any atom is 0.416 e. The van der Waals surface area contributed by atoms with Gasteiger partial charge in [0.25, 0.3) is 5.91 Å². The molecule has 0 saturated heterocycles. The molecular formula is C23H14F6N4O. The second-order valence-electron chi connectivity index (χ2n) is 7.33. The van der Waals surface area contributed by atoms with Crippen LogP contribution >= 0.6 is 0 Å². The third-order valence-corrected chi connectivity index (χ3v) is 4.90. The summed E-state index contributed by atoms with van der Waals surface area (Å²) in [6.07, 6.45) is -7.99. The molecular weight excluding hydrogens is 462 g/mol. The molecule has 0 aliphatic carbocycles. The summed E-state index contributed by atoms with van der Waals surface area (Å²) in [5.41, 5.74) is 3.84. The molecule has 1 aromatic heterocycles. The summed E-state index contributed by atoms with van der Waals surface area (Å²) in [6.45, 7) is 0. The van der Waals surface area contributed by atoms with Crippen LogP contribution in [0.25, 0.3) is 22.0 Å². The van der Waals surface area contributed by atoms with Gasteiger partial charge in [0, 0.05) is 22.8 Å². The maximum atomic E-state index is 13.5. The fourth-order valence-electron chi connectivity index (χ4n) is 3.30. The van der Waals surface area contributed by atoms with Gasteiger partial charge in [0.1, 0.15) is 0 Å². The summed E-state index contributed by atoms with van der Waals surface area (Å²) in [5, 5.41) is 2.78. The lowest BCUT2D eigenvalue weighted by Crippen LogP contribution is -2.15. The highest BCUT2D eigenvalue weighted by Gasteiger charge is 2.32. The largest absolute Gasteiger partial charge is 0.416 e. The number of fused-ring (bicyclic) bond motifs is 1. The average Bonchev–Trinajstić information content (AvgIpc) is 2.77. The van der Waals surface area contributed by atoms with E-state index in [0.717, 1.165) is 24.3 Å². The van der Waals surface area contributed by atoms with Gasteiger partial charge in [-0.25, -0.2) is 9.97 Å². The van der Waals surface area contributed by atoms with Gasteiger partial charge in [-0.15, -0.1) is 0 Å². The second kappa shape index (κ2) is 8.32. The number of nitrogens with zero attached hydrogens (tertiary/aromatic N) is 2. The van der Waals surface area contributed by atoms with Crippen molar-refractivity contribution in [3.05, 3.63) is 83.6 Å². The van der Waals surface area contributed by atoms with Crippen molar-refractivity contribution in [3.8, 4) is 11.1 Å². The van der Waals surface area contributed by atoms with Crippen LogP contribution in [0.5, 0.6) is 0 Å². The minimum absolute atomic E-state index is 0.0407. The fraction of sp³-hybridized carbons (Fsp3) is 0.0870. The van der Waals surface area contributed by atoms with Crippen molar-refractivity contribution in [1.82, 2.24) is 9.97 Å². The Morgan fingerprint density at radius 1 is 0.824 bits per heavy atom. The lowest BCUT2D eigenvalue weighted by molar-refractivity contribution is -0.138. The van der Waals surface area contributed by atoms with Crippen LogP contribution in [0.3, 0.4) is 0 Å². The molecule has 0 unspecified atom stereocenters. The van der Waals surface area contributed by atoms with Crippen LogP contribution in [0.2, 0.25) is 0 Å². The standard InChI is InChI=1S/C23H14F6N4O/c24-22(25,26)16-3-1-2-13(7-16)20(34)32-18-9-14(8-17(10-18)23(27,28)29)12-4-5-19-15(6-12)11-31-21(30)33-19/h1-11H,(H,32,34)(H2,30,31,33). The lowest BCUT2D eigenvalue weighted by Gasteiger charge is -2.14. The zero-order valence-corrected chi connectivity index (χ0v) is 17.0. The number of halogens is 6. The minimum atomic E-state index is -4.74. The summed E-state index contributed by atoms with van der Waals surface area (Å²) in [5.74, 6) is -0.947. The van der Waals surface area contributed by atoms with Gasteiger partial charge in [0.2, 0.25) is 5.95 Å². The molecule has 1 amide bonds. The number of nitrogens with two attached hydrogens (primary N) is 1. The van der Waals surface area contributed by atoms with Gasteiger partial charge >= 0.3 is 12.4 Å². The summed E-state index contributed by atoms with van der Waals surface area (Å²) in [4.78, 5) is 20.4. The molecule has 0 spiro atoms. The molecule has 0 aliphatic rings. The third kappa shape index (κ3) is 4.92. The van der Waals surface area contributed by atoms with Gasteiger partial charge in [-0.2, -0.15) is 26.3 Å². The molecule has 0 bridgehead atoms. The number of aromatic nitrogens is 2. The zero-order chi connectivity index (χ0) is 24.7. The number of amides is 1. The maximum absolute atomic E-state index is 13.5. The Bertz CT molecular complexity index is 1400. The highest BCUT2D eigenvalue weighted by atomic mass is 19.4. The molecule has 3 aromatic carbocycles. The summed E-state index contributed by atoms with van der Waals surface area (Å²) >= 11 is 0. The van der Waals surface area contributed by atoms with E-state index in [-0.39, 0.29) is 22.8 Å². The Morgan fingerprint density at radius 3 is 2.26 bits per heavy atom. The predicted octanol–water partition coefficient (Wildman–Crippen LogP) is 6.17. The van der Waals surface area contributed by atoms with Crippen LogP contribution < -0.4 is 11.1 Å². The smallest absolute Gasteiger partial charge is 0.368 e. The molecule has 34 heavy (non-hydrogen) atoms. The van der Waals surface area contributed by atoms with Crippen LogP contribution in [-0.2, 0) is 12.4 Å². The van der Waals surface area contributed by atoms with Crippen molar-refractivity contribution < 1.29 is 31.1 Å². The number of benzene rings is 3. The van der Waals surface area contributed by atoms with Crippen LogP contribution in [0, 0.1) is 0 Å². The summed E-state index contributed by atoms with van der Waals surface area (Å²) < 4.78 is 79.4. The van der Waals surface area contributed by atoms with E-state index in [1.54, 1.807) is 12.1 Å². The topological polar surface area (TPSA) is 80.9 Å². The molecule has 4 rings (SSSR count). The van der Waals surface area contributed by atoms with Crippen molar-refractivity contribution in [2.75, 3.05) is 11.1 Å². The number of alkyl halides is 6. The van der Waals surface area contributed by atoms with Gasteiger partial charge < -0.3 is 11.1 Å². The Labute approximate surface area is 188 Å². The van der Waals surface area contributed by atoms with Crippen molar-refractivity contribution in [3.63, 3.8) is 0 Å². The molecule has 4 aromatic rings. The second-order valence-corrected chi connectivity index (χ2v) is 7.33. The van der Waals surface area contributed by atoms with Crippen LogP contribution in [0.4, 0.5) is 38.0 Å². The van der Waals surface area contributed by atoms with E-state index in [1.165, 1.54) is 18.3 Å².